The molecule has 1 aliphatic carbocycles. The van der Waals surface area contributed by atoms with Gasteiger partial charge in [-0.15, -0.1) is 0 Å². The molecule has 2 nitrogen and oxygen atoms in total. The molecule has 1 aromatic carbocycles. The average Bonchev–Trinajstić information content (AvgIpc) is 2.64. The maximum Gasteiger partial charge on any atom is 0.139 e. The maximum atomic E-state index is 14.1. The van der Waals surface area contributed by atoms with Crippen LogP contribution in [0.2, 0.25) is 0 Å². The van der Waals surface area contributed by atoms with E-state index in [-0.39, 0.29) is 5.82 Å². The number of benzene rings is 1. The van der Waals surface area contributed by atoms with E-state index in [0.717, 1.165) is 19.3 Å². The molecule has 0 radical (unpaired) electrons. The van der Waals surface area contributed by atoms with Crippen LogP contribution in [0.15, 0.2) is 28.9 Å². The third kappa shape index (κ3) is 1.13. The van der Waals surface area contributed by atoms with Crippen LogP contribution in [0.5, 0.6) is 0 Å². The molecular weight excluding hydrogens is 193 g/mol. The molecule has 0 amide bonds. The molecular formula is C12H12FNO. The first kappa shape index (κ1) is 8.92. The van der Waals surface area contributed by atoms with Crippen molar-refractivity contribution < 1.29 is 8.81 Å². The van der Waals surface area contributed by atoms with Gasteiger partial charge in [-0.05, 0) is 31.4 Å². The number of nitrogens with two attached hydrogens (primary N) is 1. The number of rotatable bonds is 1. The van der Waals surface area contributed by atoms with Crippen LogP contribution in [0.3, 0.4) is 0 Å². The Balaban J connectivity index is 2.22. The summed E-state index contributed by atoms with van der Waals surface area (Å²) in [6.45, 7) is 0. The second-order valence-corrected chi connectivity index (χ2v) is 4.27. The van der Waals surface area contributed by atoms with E-state index in [0.29, 0.717) is 16.5 Å². The van der Waals surface area contributed by atoms with Gasteiger partial charge in [0.2, 0.25) is 0 Å². The van der Waals surface area contributed by atoms with Crippen LogP contribution in [0.25, 0.3) is 11.0 Å². The highest BCUT2D eigenvalue weighted by atomic mass is 19.1. The van der Waals surface area contributed by atoms with E-state index in [1.54, 1.807) is 18.2 Å². The lowest BCUT2D eigenvalue weighted by molar-refractivity contribution is 0.246. The van der Waals surface area contributed by atoms with Crippen molar-refractivity contribution in [2.45, 2.75) is 24.8 Å². The Bertz CT molecular complexity index is 513. The van der Waals surface area contributed by atoms with Gasteiger partial charge >= 0.3 is 0 Å². The molecule has 1 aromatic heterocycles. The van der Waals surface area contributed by atoms with Crippen LogP contribution in [0.1, 0.15) is 24.8 Å². The molecule has 3 rings (SSSR count). The van der Waals surface area contributed by atoms with E-state index < -0.39 is 5.54 Å². The van der Waals surface area contributed by atoms with Gasteiger partial charge in [-0.3, -0.25) is 0 Å². The molecule has 0 spiro atoms. The van der Waals surface area contributed by atoms with Crippen molar-refractivity contribution in [2.24, 2.45) is 5.73 Å². The Hall–Kier alpha value is -1.35. The van der Waals surface area contributed by atoms with Crippen molar-refractivity contribution in [3.8, 4) is 0 Å². The minimum atomic E-state index is -0.449. The molecule has 2 N–H and O–H groups in total. The molecule has 1 heterocycles. The Labute approximate surface area is 86.9 Å². The van der Waals surface area contributed by atoms with Gasteiger partial charge in [0.05, 0.1) is 11.6 Å². The highest BCUT2D eigenvalue weighted by Crippen LogP contribution is 2.41. The van der Waals surface area contributed by atoms with Crippen molar-refractivity contribution in [1.82, 2.24) is 0 Å². The van der Waals surface area contributed by atoms with Gasteiger partial charge in [-0.25, -0.2) is 4.39 Å². The summed E-state index contributed by atoms with van der Waals surface area (Å²) in [7, 11) is 0. The highest BCUT2D eigenvalue weighted by molar-refractivity contribution is 5.79. The summed E-state index contributed by atoms with van der Waals surface area (Å²) in [5.41, 5.74) is 6.88. The Kier molecular flexibility index (Phi) is 1.68. The lowest BCUT2D eigenvalue weighted by atomic mass is 9.72. The van der Waals surface area contributed by atoms with Gasteiger partial charge in [0.25, 0.3) is 0 Å². The third-order valence-electron chi connectivity index (χ3n) is 3.35. The van der Waals surface area contributed by atoms with Gasteiger partial charge in [0.1, 0.15) is 11.4 Å². The van der Waals surface area contributed by atoms with E-state index in [1.165, 1.54) is 6.26 Å². The Morgan fingerprint density at radius 2 is 2.07 bits per heavy atom. The molecule has 78 valence electrons. The van der Waals surface area contributed by atoms with Crippen molar-refractivity contribution in [3.63, 3.8) is 0 Å². The lowest BCUT2D eigenvalue weighted by Gasteiger charge is -2.38. The number of hydrogen-bond acceptors (Lipinski definition) is 2. The fraction of sp³-hybridized carbons (Fsp3) is 0.333. The summed E-state index contributed by atoms with van der Waals surface area (Å²) in [4.78, 5) is 0. The minimum Gasteiger partial charge on any atom is -0.464 e. The number of hydrogen-bond donors (Lipinski definition) is 1. The van der Waals surface area contributed by atoms with Crippen LogP contribution in [0.4, 0.5) is 4.39 Å². The summed E-state index contributed by atoms with van der Waals surface area (Å²) in [5, 5.41) is 0.532. The fourth-order valence-electron chi connectivity index (χ4n) is 2.22. The predicted octanol–water partition coefficient (Wildman–Crippen LogP) is 2.91. The molecule has 1 aliphatic rings. The van der Waals surface area contributed by atoms with Crippen molar-refractivity contribution >= 4 is 11.0 Å². The molecule has 0 bridgehead atoms. The lowest BCUT2D eigenvalue weighted by Crippen LogP contribution is -2.44. The third-order valence-corrected chi connectivity index (χ3v) is 3.35. The number of halogens is 1. The number of fused-ring (bicyclic) bond motifs is 1. The molecule has 1 saturated carbocycles. The van der Waals surface area contributed by atoms with E-state index in [2.05, 4.69) is 0 Å². The quantitative estimate of drug-likeness (QED) is 0.777. The summed E-state index contributed by atoms with van der Waals surface area (Å²) in [6, 6.07) is 5.19. The van der Waals surface area contributed by atoms with Gasteiger partial charge in [0.15, 0.2) is 0 Å². The normalized spacial score (nSPS) is 19.1. The monoisotopic (exact) mass is 205 g/mol. The molecule has 2 aromatic rings. The van der Waals surface area contributed by atoms with E-state index in [1.807, 2.05) is 0 Å². The average molecular weight is 205 g/mol. The van der Waals surface area contributed by atoms with Crippen LogP contribution >= 0.6 is 0 Å². The minimum absolute atomic E-state index is 0.219. The molecule has 0 atom stereocenters. The predicted molar refractivity (Wildman–Crippen MR) is 55.9 cm³/mol. The number of furan rings is 1. The van der Waals surface area contributed by atoms with Crippen molar-refractivity contribution in [2.75, 3.05) is 0 Å². The van der Waals surface area contributed by atoms with Crippen LogP contribution in [-0.4, -0.2) is 0 Å². The first-order valence-corrected chi connectivity index (χ1v) is 5.16. The van der Waals surface area contributed by atoms with E-state index in [4.69, 9.17) is 10.2 Å². The van der Waals surface area contributed by atoms with Crippen LogP contribution in [0, 0.1) is 5.82 Å². The van der Waals surface area contributed by atoms with Crippen molar-refractivity contribution in [1.29, 1.82) is 0 Å². The smallest absolute Gasteiger partial charge is 0.139 e. The molecule has 0 saturated heterocycles. The summed E-state index contributed by atoms with van der Waals surface area (Å²) >= 11 is 0. The zero-order chi connectivity index (χ0) is 10.5. The van der Waals surface area contributed by atoms with Crippen LogP contribution in [-0.2, 0) is 5.54 Å². The molecule has 0 aliphatic heterocycles. The van der Waals surface area contributed by atoms with Gasteiger partial charge in [-0.2, -0.15) is 0 Å². The molecule has 15 heavy (non-hydrogen) atoms. The van der Waals surface area contributed by atoms with Crippen LogP contribution < -0.4 is 5.73 Å². The Morgan fingerprint density at radius 3 is 2.73 bits per heavy atom. The summed E-state index contributed by atoms with van der Waals surface area (Å²) in [6.07, 6.45) is 4.32. The van der Waals surface area contributed by atoms with Gasteiger partial charge in [-0.1, -0.05) is 6.07 Å². The van der Waals surface area contributed by atoms with E-state index >= 15 is 0 Å². The SMILES string of the molecule is NC1(c2ccc3occc3c2F)CCC1. The second-order valence-electron chi connectivity index (χ2n) is 4.27. The molecule has 0 unspecified atom stereocenters. The summed E-state index contributed by atoms with van der Waals surface area (Å²) in [5.74, 6) is -0.219. The molecule has 3 heteroatoms. The van der Waals surface area contributed by atoms with Gasteiger partial charge in [0, 0.05) is 11.1 Å². The van der Waals surface area contributed by atoms with Crippen molar-refractivity contribution in [3.05, 3.63) is 35.8 Å². The van der Waals surface area contributed by atoms with E-state index in [9.17, 15) is 4.39 Å². The molecule has 1 fully saturated rings. The maximum absolute atomic E-state index is 14.1. The standard InChI is InChI=1S/C12H12FNO/c13-11-8-4-7-15-10(8)3-2-9(11)12(14)5-1-6-12/h2-4,7H,1,5-6,14H2. The second kappa shape index (κ2) is 2.83. The summed E-state index contributed by atoms with van der Waals surface area (Å²) < 4.78 is 19.2. The first-order chi connectivity index (χ1) is 7.21. The van der Waals surface area contributed by atoms with Gasteiger partial charge < -0.3 is 10.2 Å². The Morgan fingerprint density at radius 1 is 1.27 bits per heavy atom. The first-order valence-electron chi connectivity index (χ1n) is 5.16. The highest BCUT2D eigenvalue weighted by Gasteiger charge is 2.37. The zero-order valence-corrected chi connectivity index (χ0v) is 8.29. The largest absolute Gasteiger partial charge is 0.464 e. The fourth-order valence-corrected chi connectivity index (χ4v) is 2.22. The zero-order valence-electron chi connectivity index (χ0n) is 8.29. The topological polar surface area (TPSA) is 39.2 Å².